The Balaban J connectivity index is 1.76. The van der Waals surface area contributed by atoms with E-state index in [2.05, 4.69) is 28.1 Å². The Kier molecular flexibility index (Phi) is 3.66. The van der Waals surface area contributed by atoms with Gasteiger partial charge in [-0.15, -0.1) is 0 Å². The molecule has 0 spiro atoms. The molecule has 0 amide bonds. The van der Waals surface area contributed by atoms with E-state index in [4.69, 9.17) is 11.6 Å². The molecule has 1 N–H and O–H groups in total. The lowest BCUT2D eigenvalue weighted by molar-refractivity contribution is 0.151. The van der Waals surface area contributed by atoms with Crippen molar-refractivity contribution in [3.63, 3.8) is 0 Å². The topological polar surface area (TPSA) is 20.2 Å². The fourth-order valence-electron chi connectivity index (χ4n) is 2.59. The second kappa shape index (κ2) is 5.28. The first-order valence-corrected chi connectivity index (χ1v) is 7.52. The van der Waals surface area contributed by atoms with E-state index < -0.39 is 6.10 Å². The van der Waals surface area contributed by atoms with E-state index in [1.54, 1.807) is 0 Å². The zero-order chi connectivity index (χ0) is 13.4. The number of hydrogen-bond acceptors (Lipinski definition) is 1. The molecule has 19 heavy (non-hydrogen) atoms. The van der Waals surface area contributed by atoms with E-state index in [-0.39, 0.29) is 0 Å². The third-order valence-electron chi connectivity index (χ3n) is 3.76. The number of hydrogen-bond donors (Lipinski definition) is 1. The molecule has 1 fully saturated rings. The Bertz CT molecular complexity index is 585. The van der Waals surface area contributed by atoms with Crippen molar-refractivity contribution in [2.24, 2.45) is 5.92 Å². The maximum atomic E-state index is 10.4. The average Bonchev–Trinajstić information content (AvgIpc) is 3.22. The molecule has 2 aromatic carbocycles. The molecule has 98 valence electrons. The van der Waals surface area contributed by atoms with Crippen molar-refractivity contribution in [1.82, 2.24) is 0 Å². The molecule has 3 atom stereocenters. The minimum absolute atomic E-state index is 0.305. The third kappa shape index (κ3) is 2.71. The van der Waals surface area contributed by atoms with E-state index in [9.17, 15) is 5.11 Å². The van der Waals surface area contributed by atoms with Gasteiger partial charge in [-0.1, -0.05) is 48.0 Å². The molecule has 0 saturated heterocycles. The summed E-state index contributed by atoms with van der Waals surface area (Å²) in [6, 6.07) is 16.0. The van der Waals surface area contributed by atoms with Crippen molar-refractivity contribution in [3.8, 4) is 0 Å². The van der Waals surface area contributed by atoms with Gasteiger partial charge in [-0.05, 0) is 57.4 Å². The van der Waals surface area contributed by atoms with Crippen LogP contribution in [0.25, 0.3) is 0 Å². The monoisotopic (exact) mass is 336 g/mol. The van der Waals surface area contributed by atoms with Crippen molar-refractivity contribution in [2.75, 3.05) is 0 Å². The lowest BCUT2D eigenvalue weighted by Gasteiger charge is -2.12. The Morgan fingerprint density at radius 3 is 2.58 bits per heavy atom. The molecular formula is C16H14BrClO. The van der Waals surface area contributed by atoms with Crippen LogP contribution in [0.4, 0.5) is 0 Å². The molecule has 0 heterocycles. The Morgan fingerprint density at radius 1 is 1.16 bits per heavy atom. The summed E-state index contributed by atoms with van der Waals surface area (Å²) in [6.45, 7) is 0. The second-order valence-electron chi connectivity index (χ2n) is 5.04. The van der Waals surface area contributed by atoms with Gasteiger partial charge in [-0.2, -0.15) is 0 Å². The maximum absolute atomic E-state index is 10.4. The highest BCUT2D eigenvalue weighted by atomic mass is 79.9. The third-order valence-corrected chi connectivity index (χ3v) is 4.99. The van der Waals surface area contributed by atoms with Gasteiger partial charge in [0.25, 0.3) is 0 Å². The van der Waals surface area contributed by atoms with Gasteiger partial charge in [-0.25, -0.2) is 0 Å². The molecule has 0 aliphatic heterocycles. The molecule has 3 unspecified atom stereocenters. The van der Waals surface area contributed by atoms with Crippen LogP contribution in [0.5, 0.6) is 0 Å². The summed E-state index contributed by atoms with van der Waals surface area (Å²) < 4.78 is 0.862. The number of aliphatic hydroxyl groups excluding tert-OH is 1. The summed E-state index contributed by atoms with van der Waals surface area (Å²) in [4.78, 5) is 0. The lowest BCUT2D eigenvalue weighted by Crippen LogP contribution is -2.01. The highest BCUT2D eigenvalue weighted by Crippen LogP contribution is 2.54. The van der Waals surface area contributed by atoms with Gasteiger partial charge in [-0.3, -0.25) is 0 Å². The first-order valence-electron chi connectivity index (χ1n) is 6.35. The summed E-state index contributed by atoms with van der Waals surface area (Å²) in [6.07, 6.45) is 0.606. The molecule has 1 aliphatic carbocycles. The van der Waals surface area contributed by atoms with Crippen LogP contribution in [-0.2, 0) is 0 Å². The van der Waals surface area contributed by atoms with Crippen molar-refractivity contribution in [1.29, 1.82) is 0 Å². The molecule has 0 radical (unpaired) electrons. The van der Waals surface area contributed by atoms with E-state index in [1.165, 1.54) is 5.56 Å². The van der Waals surface area contributed by atoms with Crippen molar-refractivity contribution < 1.29 is 5.11 Å². The molecule has 3 rings (SSSR count). The molecule has 1 nitrogen and oxygen atoms in total. The van der Waals surface area contributed by atoms with E-state index in [0.717, 1.165) is 16.5 Å². The van der Waals surface area contributed by atoms with E-state index in [0.29, 0.717) is 16.9 Å². The van der Waals surface area contributed by atoms with Gasteiger partial charge in [0.1, 0.15) is 0 Å². The van der Waals surface area contributed by atoms with Crippen LogP contribution in [0.15, 0.2) is 53.0 Å². The maximum Gasteiger partial charge on any atom is 0.0824 e. The van der Waals surface area contributed by atoms with Crippen LogP contribution >= 0.6 is 27.5 Å². The highest BCUT2D eigenvalue weighted by molar-refractivity contribution is 9.10. The summed E-state index contributed by atoms with van der Waals surface area (Å²) >= 11 is 9.44. The van der Waals surface area contributed by atoms with Crippen molar-refractivity contribution in [3.05, 3.63) is 69.2 Å². The smallest absolute Gasteiger partial charge is 0.0824 e. The Hall–Kier alpha value is -0.830. The summed E-state index contributed by atoms with van der Waals surface area (Å²) in [7, 11) is 0. The fraction of sp³-hybridized carbons (Fsp3) is 0.250. The number of halogens is 2. The van der Waals surface area contributed by atoms with Gasteiger partial charge in [0.15, 0.2) is 0 Å². The van der Waals surface area contributed by atoms with Crippen LogP contribution in [0.1, 0.15) is 29.6 Å². The van der Waals surface area contributed by atoms with Crippen LogP contribution < -0.4 is 0 Å². The lowest BCUT2D eigenvalue weighted by atomic mass is 10.0. The minimum atomic E-state index is -0.434. The minimum Gasteiger partial charge on any atom is -0.388 e. The first-order chi connectivity index (χ1) is 9.16. The summed E-state index contributed by atoms with van der Waals surface area (Å²) in [5, 5.41) is 11.1. The fourth-order valence-corrected chi connectivity index (χ4v) is 3.03. The first kappa shape index (κ1) is 13.2. The zero-order valence-electron chi connectivity index (χ0n) is 10.3. The number of aliphatic hydroxyl groups is 1. The SMILES string of the molecule is OC(c1ccc(Br)c(Cl)c1)C1CC1c1ccccc1. The molecule has 2 aromatic rings. The van der Waals surface area contributed by atoms with E-state index >= 15 is 0 Å². The predicted octanol–water partition coefficient (Wildman–Crippen LogP) is 4.94. The van der Waals surface area contributed by atoms with Gasteiger partial charge in [0.2, 0.25) is 0 Å². The van der Waals surface area contributed by atoms with Crippen LogP contribution in [0.2, 0.25) is 5.02 Å². The van der Waals surface area contributed by atoms with Crippen molar-refractivity contribution in [2.45, 2.75) is 18.4 Å². The van der Waals surface area contributed by atoms with Crippen LogP contribution in [-0.4, -0.2) is 5.11 Å². The van der Waals surface area contributed by atoms with Gasteiger partial charge >= 0.3 is 0 Å². The molecule has 0 aromatic heterocycles. The molecule has 1 aliphatic rings. The Morgan fingerprint density at radius 2 is 1.89 bits per heavy atom. The average molecular weight is 338 g/mol. The van der Waals surface area contributed by atoms with E-state index in [1.807, 2.05) is 36.4 Å². The van der Waals surface area contributed by atoms with Gasteiger partial charge < -0.3 is 5.11 Å². The van der Waals surface area contributed by atoms with Gasteiger partial charge in [0, 0.05) is 4.47 Å². The predicted molar refractivity (Wildman–Crippen MR) is 81.4 cm³/mol. The summed E-state index contributed by atoms with van der Waals surface area (Å²) in [5.41, 5.74) is 2.21. The number of rotatable bonds is 3. The second-order valence-corrected chi connectivity index (χ2v) is 6.30. The molecular weight excluding hydrogens is 324 g/mol. The van der Waals surface area contributed by atoms with Crippen LogP contribution in [0, 0.1) is 5.92 Å². The van der Waals surface area contributed by atoms with Crippen molar-refractivity contribution >= 4 is 27.5 Å². The highest BCUT2D eigenvalue weighted by Gasteiger charge is 2.43. The Labute approximate surface area is 126 Å². The van der Waals surface area contributed by atoms with Crippen LogP contribution in [0.3, 0.4) is 0 Å². The summed E-state index contributed by atoms with van der Waals surface area (Å²) in [5.74, 6) is 0.776. The molecule has 1 saturated carbocycles. The zero-order valence-corrected chi connectivity index (χ0v) is 12.6. The quantitative estimate of drug-likeness (QED) is 0.841. The molecule has 3 heteroatoms. The molecule has 0 bridgehead atoms. The normalized spacial score (nSPS) is 23.1. The van der Waals surface area contributed by atoms with Gasteiger partial charge in [0.05, 0.1) is 11.1 Å². The largest absolute Gasteiger partial charge is 0.388 e. The number of benzene rings is 2. The standard InChI is InChI=1S/C16H14BrClO/c17-14-7-6-11(8-15(14)18)16(19)13-9-12(13)10-4-2-1-3-5-10/h1-8,12-13,16,19H,9H2.